The maximum absolute atomic E-state index is 15.3. The molecule has 4 aliphatic rings. The van der Waals surface area contributed by atoms with Crippen LogP contribution >= 0.6 is 0 Å². The smallest absolute Gasteiger partial charge is 0.411 e. The van der Waals surface area contributed by atoms with Gasteiger partial charge >= 0.3 is 6.17 Å². The molecule has 0 aromatic heterocycles. The highest BCUT2D eigenvalue weighted by Gasteiger charge is 2.56. The van der Waals surface area contributed by atoms with Gasteiger partial charge in [0.25, 0.3) is 0 Å². The molecular weight excluding hydrogens is 655 g/mol. The second kappa shape index (κ2) is 10.9. The number of fused-ring (bicyclic) bond motifs is 11. The van der Waals surface area contributed by atoms with Gasteiger partial charge in [-0.2, -0.15) is 8.78 Å². The Morgan fingerprint density at radius 3 is 1.94 bits per heavy atom. The molecule has 0 bridgehead atoms. The number of anilines is 2. The van der Waals surface area contributed by atoms with Crippen molar-refractivity contribution in [3.05, 3.63) is 113 Å². The van der Waals surface area contributed by atoms with E-state index in [4.69, 9.17) is 14.2 Å². The van der Waals surface area contributed by atoms with Crippen LogP contribution in [0.1, 0.15) is 81.2 Å². The number of hydrogen-bond acceptors (Lipinski definition) is 5. The van der Waals surface area contributed by atoms with Gasteiger partial charge in [-0.25, -0.2) is 0 Å². The number of nitrogens with one attached hydrogen (secondary N) is 1. The van der Waals surface area contributed by atoms with Crippen molar-refractivity contribution in [1.82, 2.24) is 0 Å². The average Bonchev–Trinajstić information content (AvgIpc) is 3.51. The number of rotatable bonds is 4. The largest absolute Gasteiger partial charge is 0.497 e. The number of alkyl halides is 2. The van der Waals surface area contributed by atoms with Gasteiger partial charge in [-0.3, -0.25) is 4.90 Å². The Hall–Kier alpha value is -4.78. The number of hydrogen-bond donors (Lipinski definition) is 1. The lowest BCUT2D eigenvalue weighted by atomic mass is 9.52. The molecule has 52 heavy (non-hydrogen) atoms. The van der Waals surface area contributed by atoms with Crippen molar-refractivity contribution in [3.8, 4) is 28.4 Å². The molecule has 0 atom stereocenters. The van der Waals surface area contributed by atoms with E-state index < -0.39 is 11.8 Å². The molecule has 0 saturated heterocycles. The summed E-state index contributed by atoms with van der Waals surface area (Å²) in [6.07, 6.45) is 1.36. The summed E-state index contributed by atoms with van der Waals surface area (Å²) in [5.41, 5.74) is 8.18. The predicted octanol–water partition coefficient (Wildman–Crippen LogP) is 11.0. The Kier molecular flexibility index (Phi) is 6.92. The molecule has 1 fully saturated rings. The lowest BCUT2D eigenvalue weighted by Gasteiger charge is -2.52. The quantitative estimate of drug-likeness (QED) is 0.189. The normalized spacial score (nSPS) is 20.7. The SMILES string of the molecule is COc1ccc(C2(c3ccc(OC)cc3)CCc3c4c(c5cc6c(cc5c3O2)NC(F)(F)N6C)-c2ccccc2C42CC(C)(C)CC(C)(C)C2)cc1. The van der Waals surface area contributed by atoms with Crippen LogP contribution < -0.4 is 24.4 Å². The van der Waals surface area contributed by atoms with Gasteiger partial charge in [0.1, 0.15) is 17.2 Å². The zero-order valence-electron chi connectivity index (χ0n) is 31.0. The highest BCUT2D eigenvalue weighted by atomic mass is 19.3. The van der Waals surface area contributed by atoms with E-state index in [0.717, 1.165) is 69.7 Å². The highest BCUT2D eigenvalue weighted by Crippen LogP contribution is 2.67. The van der Waals surface area contributed by atoms with Crippen LogP contribution in [0, 0.1) is 10.8 Å². The molecule has 5 aromatic rings. The molecule has 0 unspecified atom stereocenters. The third-order valence-corrected chi connectivity index (χ3v) is 12.4. The summed E-state index contributed by atoms with van der Waals surface area (Å²) in [4.78, 5) is 1.05. The maximum atomic E-state index is 15.3. The van der Waals surface area contributed by atoms with Gasteiger partial charge in [0, 0.05) is 29.0 Å². The lowest BCUT2D eigenvalue weighted by Crippen LogP contribution is -2.45. The van der Waals surface area contributed by atoms with Crippen LogP contribution in [0.4, 0.5) is 20.2 Å². The minimum atomic E-state index is -3.21. The summed E-state index contributed by atoms with van der Waals surface area (Å²) >= 11 is 0. The summed E-state index contributed by atoms with van der Waals surface area (Å²) in [6.45, 7) is 9.64. The first-order valence-electron chi connectivity index (χ1n) is 18.4. The van der Waals surface area contributed by atoms with E-state index in [1.807, 2.05) is 36.4 Å². The Balaban J connectivity index is 1.38. The fraction of sp³-hybridized carbons (Fsp3) is 0.378. The monoisotopic (exact) mass is 700 g/mol. The Bertz CT molecular complexity index is 2190. The van der Waals surface area contributed by atoms with E-state index in [1.54, 1.807) is 14.2 Å². The van der Waals surface area contributed by atoms with E-state index >= 15 is 8.78 Å². The standard InChI is InChI=1S/C45H46F2N2O3/c1-41(2)24-42(3,4)26-43(25-41)35-11-9-8-10-31(35)38-33-23-37-36(48-45(46,47)49(37)5)22-34(33)40-32(39(38)43)20-21-44(52-40,27-12-16-29(50-6)17-13-27)28-14-18-30(51-7)19-15-28/h8-19,22-23,48H,20-21,24-26H2,1-7H3. The van der Waals surface area contributed by atoms with Crippen molar-refractivity contribution < 1.29 is 23.0 Å². The van der Waals surface area contributed by atoms with Crippen molar-refractivity contribution in [2.45, 2.75) is 77.0 Å². The number of ether oxygens (including phenoxy) is 3. The number of benzene rings is 5. The van der Waals surface area contributed by atoms with Gasteiger partial charge in [-0.1, -0.05) is 76.2 Å². The number of nitrogens with zero attached hydrogens (tertiary/aromatic N) is 1. The van der Waals surface area contributed by atoms with Crippen LogP contribution in [-0.4, -0.2) is 27.4 Å². The zero-order valence-corrected chi connectivity index (χ0v) is 31.0. The molecule has 0 radical (unpaired) electrons. The van der Waals surface area contributed by atoms with E-state index in [0.29, 0.717) is 17.8 Å². The zero-order chi connectivity index (χ0) is 36.4. The molecule has 1 saturated carbocycles. The fourth-order valence-corrected chi connectivity index (χ4v) is 11.0. The van der Waals surface area contributed by atoms with Crippen LogP contribution in [0.2, 0.25) is 0 Å². The minimum Gasteiger partial charge on any atom is -0.497 e. The Morgan fingerprint density at radius 2 is 1.35 bits per heavy atom. The highest BCUT2D eigenvalue weighted by molar-refractivity contribution is 6.10. The van der Waals surface area contributed by atoms with E-state index in [2.05, 4.69) is 81.5 Å². The Labute approximate surface area is 304 Å². The lowest BCUT2D eigenvalue weighted by molar-refractivity contribution is 0.0407. The summed E-state index contributed by atoms with van der Waals surface area (Å²) < 4.78 is 49.4. The van der Waals surface area contributed by atoms with Crippen LogP contribution in [0.15, 0.2) is 84.9 Å². The van der Waals surface area contributed by atoms with Gasteiger partial charge in [-0.05, 0) is 113 Å². The van der Waals surface area contributed by atoms with Gasteiger partial charge in [0.2, 0.25) is 0 Å². The van der Waals surface area contributed by atoms with E-state index in [-0.39, 0.29) is 16.2 Å². The molecule has 1 N–H and O–H groups in total. The molecule has 2 aliphatic heterocycles. The maximum Gasteiger partial charge on any atom is 0.411 e. The van der Waals surface area contributed by atoms with Crippen molar-refractivity contribution in [1.29, 1.82) is 0 Å². The minimum absolute atomic E-state index is 0.0773. The second-order valence-electron chi connectivity index (χ2n) is 17.1. The Morgan fingerprint density at radius 1 is 0.750 bits per heavy atom. The fourth-order valence-electron chi connectivity index (χ4n) is 11.0. The molecule has 2 heterocycles. The molecule has 9 rings (SSSR count). The molecule has 2 aliphatic carbocycles. The third kappa shape index (κ3) is 4.63. The van der Waals surface area contributed by atoms with Gasteiger partial charge in [0.05, 0.1) is 25.6 Å². The van der Waals surface area contributed by atoms with Crippen LogP contribution in [0.25, 0.3) is 21.9 Å². The van der Waals surface area contributed by atoms with E-state index in [9.17, 15) is 0 Å². The summed E-state index contributed by atoms with van der Waals surface area (Å²) in [5.74, 6) is 2.31. The van der Waals surface area contributed by atoms with Crippen LogP contribution in [0.3, 0.4) is 0 Å². The predicted molar refractivity (Wildman–Crippen MR) is 204 cm³/mol. The van der Waals surface area contributed by atoms with Crippen LogP contribution in [-0.2, 0) is 17.4 Å². The number of halogens is 2. The number of methoxy groups -OCH3 is 2. The topological polar surface area (TPSA) is 43.0 Å². The average molecular weight is 701 g/mol. The molecule has 1 spiro atoms. The molecule has 5 aromatic carbocycles. The third-order valence-electron chi connectivity index (χ3n) is 12.4. The molecule has 268 valence electrons. The van der Waals surface area contributed by atoms with Crippen molar-refractivity contribution in [2.24, 2.45) is 10.8 Å². The first-order chi connectivity index (χ1) is 24.7. The molecule has 5 nitrogen and oxygen atoms in total. The first-order valence-corrected chi connectivity index (χ1v) is 18.4. The summed E-state index contributed by atoms with van der Waals surface area (Å²) in [6, 6.07) is 29.0. The molecular formula is C45H46F2N2O3. The van der Waals surface area contributed by atoms with Gasteiger partial charge in [0.15, 0.2) is 5.60 Å². The van der Waals surface area contributed by atoms with Crippen molar-refractivity contribution >= 4 is 22.1 Å². The molecule has 0 amide bonds. The van der Waals surface area contributed by atoms with Crippen molar-refractivity contribution in [3.63, 3.8) is 0 Å². The van der Waals surface area contributed by atoms with E-state index in [1.165, 1.54) is 34.9 Å². The van der Waals surface area contributed by atoms with Gasteiger partial charge < -0.3 is 19.5 Å². The molecule has 7 heteroatoms. The van der Waals surface area contributed by atoms with Crippen LogP contribution in [0.5, 0.6) is 17.2 Å². The first kappa shape index (κ1) is 33.1. The summed E-state index contributed by atoms with van der Waals surface area (Å²) in [5, 5.41) is 4.30. The second-order valence-corrected chi connectivity index (χ2v) is 17.1. The summed E-state index contributed by atoms with van der Waals surface area (Å²) in [7, 11) is 4.80. The van der Waals surface area contributed by atoms with Gasteiger partial charge in [-0.15, -0.1) is 0 Å². The van der Waals surface area contributed by atoms with Crippen molar-refractivity contribution in [2.75, 3.05) is 31.5 Å².